The highest BCUT2D eigenvalue weighted by molar-refractivity contribution is 9.10. The fourth-order valence-corrected chi connectivity index (χ4v) is 2.60. The van der Waals surface area contributed by atoms with E-state index in [0.29, 0.717) is 5.02 Å². The van der Waals surface area contributed by atoms with E-state index in [0.717, 1.165) is 33.1 Å². The maximum absolute atomic E-state index is 5.95. The summed E-state index contributed by atoms with van der Waals surface area (Å²) in [5.74, 6) is 0. The van der Waals surface area contributed by atoms with Gasteiger partial charge in [0.2, 0.25) is 0 Å². The van der Waals surface area contributed by atoms with E-state index in [1.54, 1.807) is 11.3 Å². The molecule has 0 saturated carbocycles. The van der Waals surface area contributed by atoms with Crippen molar-refractivity contribution in [3.63, 3.8) is 0 Å². The summed E-state index contributed by atoms with van der Waals surface area (Å²) >= 11 is 10.9. The summed E-state index contributed by atoms with van der Waals surface area (Å²) in [4.78, 5) is 0. The fraction of sp³-hybridized carbons (Fsp3) is 0.273. The first-order valence-electron chi connectivity index (χ1n) is 5.19. The number of hydrogen-bond acceptors (Lipinski definition) is 4. The van der Waals surface area contributed by atoms with E-state index < -0.39 is 0 Å². The number of benzene rings is 1. The Morgan fingerprint density at radius 3 is 2.94 bits per heavy atom. The summed E-state index contributed by atoms with van der Waals surface area (Å²) in [5.41, 5.74) is 1.03. The number of rotatable bonds is 4. The Kier molecular flexibility index (Phi) is 4.50. The van der Waals surface area contributed by atoms with Gasteiger partial charge in [0.05, 0.1) is 5.02 Å². The van der Waals surface area contributed by atoms with Crippen LogP contribution in [0.2, 0.25) is 5.02 Å². The summed E-state index contributed by atoms with van der Waals surface area (Å²) in [5, 5.41) is 14.1. The Hall–Kier alpha value is -0.490. The van der Waals surface area contributed by atoms with E-state index >= 15 is 0 Å². The molecule has 0 amide bonds. The lowest BCUT2D eigenvalue weighted by molar-refractivity contribution is 0.715. The molecule has 0 unspecified atom stereocenters. The van der Waals surface area contributed by atoms with Gasteiger partial charge in [0.15, 0.2) is 0 Å². The van der Waals surface area contributed by atoms with Crippen molar-refractivity contribution in [2.45, 2.75) is 13.5 Å². The predicted molar refractivity (Wildman–Crippen MR) is 75.4 cm³/mol. The minimum atomic E-state index is 0.700. The Morgan fingerprint density at radius 2 is 2.24 bits per heavy atom. The molecule has 0 bridgehead atoms. The number of hydrogen-bond donors (Lipinski definition) is 1. The summed E-state index contributed by atoms with van der Waals surface area (Å²) in [6.45, 7) is 3.77. The Bertz CT molecular complexity index is 515. The second-order valence-electron chi connectivity index (χ2n) is 3.41. The van der Waals surface area contributed by atoms with Crippen molar-refractivity contribution in [3.05, 3.63) is 32.7 Å². The number of nitrogens with zero attached hydrogens (tertiary/aromatic N) is 2. The van der Waals surface area contributed by atoms with Crippen molar-refractivity contribution in [2.75, 3.05) is 6.54 Å². The molecule has 17 heavy (non-hydrogen) atoms. The van der Waals surface area contributed by atoms with Gasteiger partial charge in [-0.2, -0.15) is 0 Å². The van der Waals surface area contributed by atoms with Crippen molar-refractivity contribution in [1.29, 1.82) is 0 Å². The lowest BCUT2D eigenvalue weighted by atomic mass is 10.2. The molecule has 3 nitrogen and oxygen atoms in total. The van der Waals surface area contributed by atoms with Gasteiger partial charge in [0, 0.05) is 16.6 Å². The van der Waals surface area contributed by atoms with E-state index in [4.69, 9.17) is 11.6 Å². The number of aromatic nitrogens is 2. The van der Waals surface area contributed by atoms with Crippen LogP contribution >= 0.6 is 38.9 Å². The molecule has 6 heteroatoms. The maximum Gasteiger partial charge on any atom is 0.147 e. The molecule has 0 fully saturated rings. The summed E-state index contributed by atoms with van der Waals surface area (Å²) in [6, 6.07) is 5.76. The first-order valence-corrected chi connectivity index (χ1v) is 7.18. The maximum atomic E-state index is 5.95. The van der Waals surface area contributed by atoms with Crippen LogP contribution in [-0.2, 0) is 6.54 Å². The molecule has 90 valence electrons. The van der Waals surface area contributed by atoms with Gasteiger partial charge < -0.3 is 5.32 Å². The zero-order chi connectivity index (χ0) is 12.3. The van der Waals surface area contributed by atoms with Crippen LogP contribution in [0, 0.1) is 0 Å². The molecule has 2 aromatic rings. The Balaban J connectivity index is 2.21. The van der Waals surface area contributed by atoms with Gasteiger partial charge in [-0.15, -0.1) is 10.2 Å². The normalized spacial score (nSPS) is 10.8. The minimum absolute atomic E-state index is 0.700. The highest BCUT2D eigenvalue weighted by Crippen LogP contribution is 2.30. The molecule has 1 aromatic carbocycles. The Morgan fingerprint density at radius 1 is 1.41 bits per heavy atom. The van der Waals surface area contributed by atoms with E-state index in [2.05, 4.69) is 38.4 Å². The molecule has 0 saturated heterocycles. The second-order valence-corrected chi connectivity index (χ2v) is 5.73. The van der Waals surface area contributed by atoms with Crippen LogP contribution in [0.25, 0.3) is 10.6 Å². The van der Waals surface area contributed by atoms with Gasteiger partial charge in [0.25, 0.3) is 0 Å². The van der Waals surface area contributed by atoms with Crippen molar-refractivity contribution >= 4 is 38.9 Å². The zero-order valence-electron chi connectivity index (χ0n) is 9.20. The fourth-order valence-electron chi connectivity index (χ4n) is 1.30. The van der Waals surface area contributed by atoms with Crippen LogP contribution < -0.4 is 5.32 Å². The van der Waals surface area contributed by atoms with Crippen LogP contribution in [0.15, 0.2) is 22.7 Å². The van der Waals surface area contributed by atoms with Crippen LogP contribution in [-0.4, -0.2) is 16.7 Å². The van der Waals surface area contributed by atoms with Gasteiger partial charge in [-0.1, -0.05) is 35.9 Å². The van der Waals surface area contributed by atoms with Gasteiger partial charge in [-0.25, -0.2) is 0 Å². The second kappa shape index (κ2) is 5.91. The third kappa shape index (κ3) is 3.25. The topological polar surface area (TPSA) is 37.8 Å². The van der Waals surface area contributed by atoms with E-state index in [1.165, 1.54) is 0 Å². The first-order chi connectivity index (χ1) is 8.20. The van der Waals surface area contributed by atoms with E-state index in [1.807, 2.05) is 18.2 Å². The van der Waals surface area contributed by atoms with E-state index in [-0.39, 0.29) is 0 Å². The van der Waals surface area contributed by atoms with E-state index in [9.17, 15) is 0 Å². The smallest absolute Gasteiger partial charge is 0.147 e. The molecule has 1 heterocycles. The predicted octanol–water partition coefficient (Wildman–Crippen LogP) is 3.73. The molecular formula is C11H11BrClN3S. The van der Waals surface area contributed by atoms with Crippen LogP contribution in [0.4, 0.5) is 0 Å². The molecule has 1 N–H and O–H groups in total. The SMILES string of the molecule is CCNCc1nnc(-c2ccc(Cl)c(Br)c2)s1. The Labute approximate surface area is 117 Å². The zero-order valence-corrected chi connectivity index (χ0v) is 12.4. The minimum Gasteiger partial charge on any atom is -0.311 e. The lowest BCUT2D eigenvalue weighted by Gasteiger charge is -1.98. The highest BCUT2D eigenvalue weighted by atomic mass is 79.9. The summed E-state index contributed by atoms with van der Waals surface area (Å²) < 4.78 is 0.875. The third-order valence-corrected chi connectivity index (χ3v) is 4.35. The summed E-state index contributed by atoms with van der Waals surface area (Å²) in [7, 11) is 0. The van der Waals surface area contributed by atoms with Gasteiger partial charge in [0.1, 0.15) is 10.0 Å². The van der Waals surface area contributed by atoms with Gasteiger partial charge >= 0.3 is 0 Å². The molecule has 0 aliphatic heterocycles. The molecule has 1 aromatic heterocycles. The molecule has 0 spiro atoms. The standard InChI is InChI=1S/C11H11BrClN3S/c1-2-14-6-10-15-16-11(17-10)7-3-4-9(13)8(12)5-7/h3-5,14H,2,6H2,1H3. The van der Waals surface area contributed by atoms with Crippen molar-refractivity contribution in [1.82, 2.24) is 15.5 Å². The molecule has 0 aliphatic rings. The van der Waals surface area contributed by atoms with Crippen molar-refractivity contribution in [3.8, 4) is 10.6 Å². The van der Waals surface area contributed by atoms with Crippen LogP contribution in [0.1, 0.15) is 11.9 Å². The number of nitrogens with one attached hydrogen (secondary N) is 1. The van der Waals surface area contributed by atoms with Crippen molar-refractivity contribution in [2.24, 2.45) is 0 Å². The molecule has 0 aliphatic carbocycles. The monoisotopic (exact) mass is 331 g/mol. The lowest BCUT2D eigenvalue weighted by Crippen LogP contribution is -2.11. The molecule has 0 atom stereocenters. The highest BCUT2D eigenvalue weighted by Gasteiger charge is 2.07. The molecular weight excluding hydrogens is 322 g/mol. The number of halogens is 2. The van der Waals surface area contributed by atoms with Crippen LogP contribution in [0.5, 0.6) is 0 Å². The van der Waals surface area contributed by atoms with Gasteiger partial charge in [-0.3, -0.25) is 0 Å². The summed E-state index contributed by atoms with van der Waals surface area (Å²) in [6.07, 6.45) is 0. The first kappa shape index (κ1) is 13.0. The average Bonchev–Trinajstić information content (AvgIpc) is 2.79. The van der Waals surface area contributed by atoms with Crippen LogP contribution in [0.3, 0.4) is 0 Å². The molecule has 0 radical (unpaired) electrons. The largest absolute Gasteiger partial charge is 0.311 e. The molecule has 2 rings (SSSR count). The average molecular weight is 333 g/mol. The third-order valence-electron chi connectivity index (χ3n) is 2.16. The van der Waals surface area contributed by atoms with Crippen molar-refractivity contribution < 1.29 is 0 Å². The quantitative estimate of drug-likeness (QED) is 0.927. The van der Waals surface area contributed by atoms with Gasteiger partial charge in [-0.05, 0) is 34.6 Å².